The lowest BCUT2D eigenvalue weighted by molar-refractivity contribution is -0.120. The fourth-order valence-corrected chi connectivity index (χ4v) is 4.93. The molecule has 0 aliphatic carbocycles. The molecule has 1 aliphatic heterocycles. The number of amides is 1. The molecule has 1 aliphatic rings. The number of nitrogens with one attached hydrogen (secondary N) is 1. The quantitative estimate of drug-likeness (QED) is 0.411. The number of benzene rings is 2. The van der Waals surface area contributed by atoms with Crippen molar-refractivity contribution in [1.29, 1.82) is 0 Å². The Kier molecular flexibility index (Phi) is 4.48. The van der Waals surface area contributed by atoms with E-state index in [0.29, 0.717) is 0 Å². The van der Waals surface area contributed by atoms with Gasteiger partial charge >= 0.3 is 0 Å². The largest absolute Gasteiger partial charge is 0.351 e. The molecule has 4 nitrogen and oxygen atoms in total. The lowest BCUT2D eigenvalue weighted by atomic mass is 9.97. The molecular formula is C22H17Br2N3O. The van der Waals surface area contributed by atoms with Gasteiger partial charge in [0, 0.05) is 55.7 Å². The minimum atomic E-state index is -0.130. The molecule has 4 aromatic rings. The van der Waals surface area contributed by atoms with Gasteiger partial charge in [-0.25, -0.2) is 0 Å². The van der Waals surface area contributed by atoms with Crippen LogP contribution in [0.2, 0.25) is 0 Å². The van der Waals surface area contributed by atoms with Gasteiger partial charge < -0.3 is 9.88 Å². The van der Waals surface area contributed by atoms with Crippen LogP contribution in [0, 0.1) is 0 Å². The highest BCUT2D eigenvalue weighted by Gasteiger charge is 2.33. The molecule has 0 bridgehead atoms. The highest BCUT2D eigenvalue weighted by molar-refractivity contribution is 9.10. The number of hydrogen-bond donors (Lipinski definition) is 1. The van der Waals surface area contributed by atoms with Crippen molar-refractivity contribution in [3.63, 3.8) is 0 Å². The summed E-state index contributed by atoms with van der Waals surface area (Å²) in [5.74, 6) is -0.0423. The van der Waals surface area contributed by atoms with Crippen LogP contribution in [-0.4, -0.2) is 21.5 Å². The van der Waals surface area contributed by atoms with Crippen molar-refractivity contribution in [2.45, 2.75) is 24.9 Å². The standard InChI is InChI=1S/C22H17Br2N3O/c23-14-3-5-20-18(8-14)19-9-15(24)4-6-21(19)27(20)12-16-10-17(22(28)26-16)13-2-1-7-25-11-13/h1-9,11,16-17H,10,12H2,(H,26,28). The Bertz CT molecular complexity index is 1140. The smallest absolute Gasteiger partial charge is 0.227 e. The van der Waals surface area contributed by atoms with Crippen molar-refractivity contribution < 1.29 is 4.79 Å². The van der Waals surface area contributed by atoms with Gasteiger partial charge in [0.1, 0.15) is 0 Å². The Balaban J connectivity index is 1.54. The van der Waals surface area contributed by atoms with Crippen molar-refractivity contribution in [2.75, 3.05) is 0 Å². The van der Waals surface area contributed by atoms with Gasteiger partial charge in [-0.05, 0) is 54.4 Å². The predicted octanol–water partition coefficient (Wildman–Crippen LogP) is 5.39. The zero-order valence-electron chi connectivity index (χ0n) is 14.9. The summed E-state index contributed by atoms with van der Waals surface area (Å²) in [6, 6.07) is 16.7. The molecule has 2 aromatic carbocycles. The van der Waals surface area contributed by atoms with E-state index in [0.717, 1.165) is 27.5 Å². The summed E-state index contributed by atoms with van der Waals surface area (Å²) in [7, 11) is 0. The predicted molar refractivity (Wildman–Crippen MR) is 118 cm³/mol. The first-order chi connectivity index (χ1) is 13.6. The molecule has 1 saturated heterocycles. The second-order valence-corrected chi connectivity index (χ2v) is 9.05. The summed E-state index contributed by atoms with van der Waals surface area (Å²) in [6.07, 6.45) is 4.31. The van der Waals surface area contributed by atoms with Crippen LogP contribution in [0.15, 0.2) is 69.9 Å². The van der Waals surface area contributed by atoms with Crippen LogP contribution in [0.3, 0.4) is 0 Å². The molecule has 5 rings (SSSR count). The van der Waals surface area contributed by atoms with E-state index >= 15 is 0 Å². The lowest BCUT2D eigenvalue weighted by Crippen LogP contribution is -2.29. The Morgan fingerprint density at radius 3 is 2.32 bits per heavy atom. The normalized spacial score (nSPS) is 19.4. The minimum Gasteiger partial charge on any atom is -0.351 e. The number of halogens is 2. The molecule has 28 heavy (non-hydrogen) atoms. The van der Waals surface area contributed by atoms with E-state index in [1.54, 1.807) is 12.4 Å². The van der Waals surface area contributed by atoms with Gasteiger partial charge in [0.25, 0.3) is 0 Å². The summed E-state index contributed by atoms with van der Waals surface area (Å²) < 4.78 is 4.44. The average molecular weight is 499 g/mol. The van der Waals surface area contributed by atoms with Crippen LogP contribution >= 0.6 is 31.9 Å². The van der Waals surface area contributed by atoms with E-state index in [-0.39, 0.29) is 17.9 Å². The molecule has 1 fully saturated rings. The molecule has 0 spiro atoms. The van der Waals surface area contributed by atoms with Gasteiger partial charge in [0.15, 0.2) is 0 Å². The molecule has 0 saturated carbocycles. The number of nitrogens with zero attached hydrogens (tertiary/aromatic N) is 2. The maximum absolute atomic E-state index is 12.6. The van der Waals surface area contributed by atoms with E-state index in [4.69, 9.17) is 0 Å². The number of rotatable bonds is 3. The first kappa shape index (κ1) is 17.9. The summed E-state index contributed by atoms with van der Waals surface area (Å²) in [6.45, 7) is 0.742. The van der Waals surface area contributed by atoms with Crippen molar-refractivity contribution in [1.82, 2.24) is 14.9 Å². The number of hydrogen-bond acceptors (Lipinski definition) is 2. The molecule has 3 heterocycles. The van der Waals surface area contributed by atoms with Gasteiger partial charge in [0.05, 0.1) is 5.92 Å². The van der Waals surface area contributed by atoms with Crippen molar-refractivity contribution in [2.24, 2.45) is 0 Å². The molecule has 2 unspecified atom stereocenters. The van der Waals surface area contributed by atoms with Crippen molar-refractivity contribution in [3.8, 4) is 0 Å². The van der Waals surface area contributed by atoms with E-state index in [1.165, 1.54) is 21.8 Å². The highest BCUT2D eigenvalue weighted by Crippen LogP contribution is 2.34. The summed E-state index contributed by atoms with van der Waals surface area (Å²) in [5, 5.41) is 5.60. The van der Waals surface area contributed by atoms with Crippen LogP contribution in [0.4, 0.5) is 0 Å². The fraction of sp³-hybridized carbons (Fsp3) is 0.182. The monoisotopic (exact) mass is 497 g/mol. The van der Waals surface area contributed by atoms with Crippen LogP contribution in [-0.2, 0) is 11.3 Å². The number of carbonyl (C=O) groups excluding carboxylic acids is 1. The number of fused-ring (bicyclic) bond motifs is 3. The van der Waals surface area contributed by atoms with E-state index in [9.17, 15) is 4.79 Å². The SMILES string of the molecule is O=C1NC(Cn2c3ccc(Br)cc3c3cc(Br)ccc32)CC1c1cccnc1. The Morgan fingerprint density at radius 1 is 1.04 bits per heavy atom. The van der Waals surface area contributed by atoms with Gasteiger partial charge in [-0.1, -0.05) is 37.9 Å². The average Bonchev–Trinajstić information content (AvgIpc) is 3.20. The topological polar surface area (TPSA) is 46.9 Å². The third-order valence-electron chi connectivity index (χ3n) is 5.46. The molecule has 2 atom stereocenters. The Labute approximate surface area is 179 Å². The van der Waals surface area contributed by atoms with E-state index in [1.807, 2.05) is 12.1 Å². The van der Waals surface area contributed by atoms with Crippen LogP contribution in [0.25, 0.3) is 21.8 Å². The lowest BCUT2D eigenvalue weighted by Gasteiger charge is -2.14. The molecule has 1 amide bonds. The van der Waals surface area contributed by atoms with E-state index < -0.39 is 0 Å². The van der Waals surface area contributed by atoms with Crippen LogP contribution in [0.1, 0.15) is 17.9 Å². The number of pyridine rings is 1. The van der Waals surface area contributed by atoms with Crippen LogP contribution in [0.5, 0.6) is 0 Å². The molecule has 2 aromatic heterocycles. The first-order valence-corrected chi connectivity index (χ1v) is 10.8. The van der Waals surface area contributed by atoms with Gasteiger partial charge in [-0.15, -0.1) is 0 Å². The van der Waals surface area contributed by atoms with Crippen LogP contribution < -0.4 is 5.32 Å². The summed E-state index contributed by atoms with van der Waals surface area (Å²) in [5.41, 5.74) is 3.34. The van der Waals surface area contributed by atoms with E-state index in [2.05, 4.69) is 83.1 Å². The third-order valence-corrected chi connectivity index (χ3v) is 6.45. The van der Waals surface area contributed by atoms with Gasteiger partial charge in [-0.3, -0.25) is 9.78 Å². The summed E-state index contributed by atoms with van der Waals surface area (Å²) in [4.78, 5) is 16.7. The number of aromatic nitrogens is 2. The van der Waals surface area contributed by atoms with Gasteiger partial charge in [0.2, 0.25) is 5.91 Å². The molecule has 140 valence electrons. The maximum atomic E-state index is 12.6. The van der Waals surface area contributed by atoms with Crippen molar-refractivity contribution >= 4 is 59.6 Å². The van der Waals surface area contributed by atoms with Gasteiger partial charge in [-0.2, -0.15) is 0 Å². The highest BCUT2D eigenvalue weighted by atomic mass is 79.9. The zero-order valence-corrected chi connectivity index (χ0v) is 18.1. The fourth-order valence-electron chi connectivity index (χ4n) is 4.21. The maximum Gasteiger partial charge on any atom is 0.227 e. The molecule has 1 N–H and O–H groups in total. The summed E-state index contributed by atoms with van der Waals surface area (Å²) >= 11 is 7.18. The third kappa shape index (κ3) is 3.05. The first-order valence-electron chi connectivity index (χ1n) is 9.17. The second-order valence-electron chi connectivity index (χ2n) is 7.21. The minimum absolute atomic E-state index is 0.0869. The molecule has 6 heteroatoms. The number of carbonyl (C=O) groups is 1. The molecule has 0 radical (unpaired) electrons. The Morgan fingerprint density at radius 2 is 1.71 bits per heavy atom. The second kappa shape index (κ2) is 7.01. The Hall–Kier alpha value is -2.18. The van der Waals surface area contributed by atoms with Crippen molar-refractivity contribution in [3.05, 3.63) is 75.4 Å². The molecular weight excluding hydrogens is 482 g/mol. The zero-order chi connectivity index (χ0) is 19.3.